The van der Waals surface area contributed by atoms with Crippen molar-refractivity contribution in [1.82, 2.24) is 9.13 Å². The number of benzene rings is 4. The minimum atomic E-state index is -4.70. The van der Waals surface area contributed by atoms with Crippen molar-refractivity contribution in [2.45, 2.75) is 48.1 Å². The standard InChI is InChI=1S/C21H19NO4S.C20H14F3NO3S/c1-2-26-19-15(10-14-8-5-7-13-6-3-4-9-16(13)14)11-18(23)22-17(21(24)25)12-27-20(19)22;21-20(22,23)17-13(8-12-6-3-5-11-4-1-2-7-14(11)12)9-16(25)24-15(19(26)27)10-28-18(17)24/h3-9,11,17H,2,10,12H2,1H3,(H,24,25);1-7,9,15H,8,10H2,(H,26,27)/t17-;15-/m00/s1. The zero-order valence-corrected chi connectivity index (χ0v) is 30.8. The number of fused-ring (bicyclic) bond motifs is 4. The second-order valence-corrected chi connectivity index (χ2v) is 15.0. The Kier molecular flexibility index (Phi) is 10.6. The molecule has 282 valence electrons. The van der Waals surface area contributed by atoms with Gasteiger partial charge in [0.05, 0.1) is 17.2 Å². The number of carboxylic acids is 2. The van der Waals surface area contributed by atoms with Crippen LogP contribution < -0.4 is 15.9 Å². The Morgan fingerprint density at radius 2 is 1.15 bits per heavy atom. The van der Waals surface area contributed by atoms with Crippen molar-refractivity contribution in [3.63, 3.8) is 0 Å². The van der Waals surface area contributed by atoms with E-state index in [2.05, 4.69) is 24.3 Å². The molecule has 0 unspecified atom stereocenters. The zero-order valence-electron chi connectivity index (χ0n) is 29.2. The molecule has 6 aromatic rings. The van der Waals surface area contributed by atoms with Gasteiger partial charge in [-0.25, -0.2) is 9.59 Å². The third kappa shape index (κ3) is 7.35. The predicted octanol–water partition coefficient (Wildman–Crippen LogP) is 8.06. The maximum absolute atomic E-state index is 13.9. The Balaban J connectivity index is 0.000000169. The minimum Gasteiger partial charge on any atom is -0.491 e. The van der Waals surface area contributed by atoms with Gasteiger partial charge in [0.2, 0.25) is 0 Å². The van der Waals surface area contributed by atoms with Crippen LogP contribution in [0.15, 0.2) is 117 Å². The van der Waals surface area contributed by atoms with Crippen molar-refractivity contribution in [1.29, 1.82) is 0 Å². The van der Waals surface area contributed by atoms with E-state index >= 15 is 0 Å². The molecule has 0 amide bonds. The summed E-state index contributed by atoms with van der Waals surface area (Å²) < 4.78 is 49.7. The highest BCUT2D eigenvalue weighted by Gasteiger charge is 2.43. The second kappa shape index (κ2) is 15.3. The van der Waals surface area contributed by atoms with Gasteiger partial charge < -0.3 is 14.9 Å². The van der Waals surface area contributed by atoms with E-state index in [1.807, 2.05) is 49.4 Å². The van der Waals surface area contributed by atoms with Gasteiger partial charge in [0, 0.05) is 35.6 Å². The SMILES string of the molecule is CCOc1c(Cc2cccc3ccccc23)cc(=O)n2c1SC[C@H]2C(=O)O.O=C(O)[C@@H]1CSc2c(C(F)(F)F)c(Cc3cccc4ccccc34)cc(=O)n21. The minimum absolute atomic E-state index is 0.0719. The Labute approximate surface area is 320 Å². The molecule has 2 atom stereocenters. The third-order valence-corrected chi connectivity index (χ3v) is 11.9. The third-order valence-electron chi connectivity index (χ3n) is 9.57. The van der Waals surface area contributed by atoms with Gasteiger partial charge >= 0.3 is 18.1 Å². The maximum atomic E-state index is 13.9. The quantitative estimate of drug-likeness (QED) is 0.158. The van der Waals surface area contributed by atoms with Crippen LogP contribution in [0.1, 0.15) is 46.8 Å². The smallest absolute Gasteiger partial charge is 0.419 e. The largest absolute Gasteiger partial charge is 0.491 e. The fraction of sp³-hybridized carbons (Fsp3) is 0.220. The highest BCUT2D eigenvalue weighted by Crippen LogP contribution is 2.44. The number of nitrogens with zero attached hydrogens (tertiary/aromatic N) is 2. The molecule has 14 heteroatoms. The van der Waals surface area contributed by atoms with Crippen LogP contribution in [0, 0.1) is 0 Å². The van der Waals surface area contributed by atoms with E-state index in [4.69, 9.17) is 4.74 Å². The lowest BCUT2D eigenvalue weighted by atomic mass is 9.96. The van der Waals surface area contributed by atoms with Crippen LogP contribution in [-0.2, 0) is 28.6 Å². The molecule has 9 nitrogen and oxygen atoms in total. The molecule has 0 aliphatic carbocycles. The predicted molar refractivity (Wildman–Crippen MR) is 206 cm³/mol. The molecule has 0 spiro atoms. The Morgan fingerprint density at radius 1 is 0.691 bits per heavy atom. The summed E-state index contributed by atoms with van der Waals surface area (Å²) in [5, 5.41) is 23.0. The van der Waals surface area contributed by atoms with E-state index in [9.17, 15) is 42.6 Å². The van der Waals surface area contributed by atoms with Crippen molar-refractivity contribution in [3.8, 4) is 5.75 Å². The van der Waals surface area contributed by atoms with E-state index in [1.54, 1.807) is 18.2 Å². The number of thioether (sulfide) groups is 2. The number of halogens is 3. The molecular weight excluding hydrogens is 754 g/mol. The van der Waals surface area contributed by atoms with E-state index in [0.29, 0.717) is 35.1 Å². The summed E-state index contributed by atoms with van der Waals surface area (Å²) in [7, 11) is 0. The number of ether oxygens (including phenoxy) is 1. The molecule has 0 fully saturated rings. The van der Waals surface area contributed by atoms with Crippen molar-refractivity contribution in [3.05, 3.63) is 146 Å². The number of alkyl halides is 3. The summed E-state index contributed by atoms with van der Waals surface area (Å²) >= 11 is 2.13. The number of aromatic nitrogens is 2. The van der Waals surface area contributed by atoms with E-state index in [1.165, 1.54) is 22.4 Å². The van der Waals surface area contributed by atoms with E-state index < -0.39 is 41.3 Å². The summed E-state index contributed by atoms with van der Waals surface area (Å²) in [6.07, 6.45) is -4.22. The first-order valence-corrected chi connectivity index (χ1v) is 19.3. The molecule has 2 aromatic heterocycles. The van der Waals surface area contributed by atoms with Crippen LogP contribution in [0.3, 0.4) is 0 Å². The second-order valence-electron chi connectivity index (χ2n) is 13.0. The summed E-state index contributed by atoms with van der Waals surface area (Å²) in [6.45, 7) is 2.34. The Hall–Kier alpha value is -5.47. The molecule has 4 aromatic carbocycles. The molecule has 0 bridgehead atoms. The topological polar surface area (TPSA) is 128 Å². The first-order valence-electron chi connectivity index (χ1n) is 17.3. The van der Waals surface area contributed by atoms with Crippen LogP contribution in [0.2, 0.25) is 0 Å². The average Bonchev–Trinajstić information content (AvgIpc) is 3.80. The van der Waals surface area contributed by atoms with Gasteiger partial charge in [-0.1, -0.05) is 84.9 Å². The van der Waals surface area contributed by atoms with Gasteiger partial charge in [0.25, 0.3) is 11.1 Å². The van der Waals surface area contributed by atoms with Crippen molar-refractivity contribution >= 4 is 57.0 Å². The highest BCUT2D eigenvalue weighted by molar-refractivity contribution is 7.99. The van der Waals surface area contributed by atoms with Crippen LogP contribution in [-0.4, -0.2) is 49.4 Å². The summed E-state index contributed by atoms with van der Waals surface area (Å²) in [6, 6.07) is 27.3. The first kappa shape index (κ1) is 37.8. The van der Waals surface area contributed by atoms with Gasteiger partial charge in [-0.15, -0.1) is 23.5 Å². The number of rotatable bonds is 8. The lowest BCUT2D eigenvalue weighted by molar-refractivity contribution is -0.143. The number of carbonyl (C=O) groups is 2. The Morgan fingerprint density at radius 3 is 1.65 bits per heavy atom. The molecule has 0 saturated carbocycles. The normalized spacial score (nSPS) is 16.0. The molecule has 4 heterocycles. The number of hydrogen-bond donors (Lipinski definition) is 2. The monoisotopic (exact) mass is 786 g/mol. The number of aliphatic carboxylic acids is 2. The number of carboxylic acid groups (broad SMARTS) is 2. The van der Waals surface area contributed by atoms with Gasteiger partial charge in [-0.3, -0.25) is 18.7 Å². The zero-order chi connectivity index (χ0) is 39.0. The van der Waals surface area contributed by atoms with Gasteiger partial charge in [0.15, 0.2) is 5.75 Å². The highest BCUT2D eigenvalue weighted by atomic mass is 32.2. The van der Waals surface area contributed by atoms with Gasteiger partial charge in [-0.2, -0.15) is 13.2 Å². The molecular formula is C41H33F3N2O7S2. The van der Waals surface area contributed by atoms with Crippen LogP contribution in [0.25, 0.3) is 21.5 Å². The van der Waals surface area contributed by atoms with E-state index in [0.717, 1.165) is 55.1 Å². The van der Waals surface area contributed by atoms with Crippen molar-refractivity contribution in [2.24, 2.45) is 0 Å². The van der Waals surface area contributed by atoms with E-state index in [-0.39, 0.29) is 28.3 Å². The molecule has 8 rings (SSSR count). The lowest BCUT2D eigenvalue weighted by Gasteiger charge is -2.19. The number of hydrogen-bond acceptors (Lipinski definition) is 7. The van der Waals surface area contributed by atoms with Gasteiger partial charge in [0.1, 0.15) is 17.1 Å². The molecule has 2 aliphatic heterocycles. The summed E-state index contributed by atoms with van der Waals surface area (Å²) in [4.78, 5) is 48.0. The molecule has 0 saturated heterocycles. The van der Waals surface area contributed by atoms with Crippen LogP contribution >= 0.6 is 23.5 Å². The number of pyridine rings is 2. The average molecular weight is 787 g/mol. The molecule has 2 aliphatic rings. The molecule has 0 radical (unpaired) electrons. The maximum Gasteiger partial charge on any atom is 0.419 e. The fourth-order valence-corrected chi connectivity index (χ4v) is 9.79. The summed E-state index contributed by atoms with van der Waals surface area (Å²) in [5.41, 5.74) is 0.495. The Bertz CT molecular complexity index is 2590. The van der Waals surface area contributed by atoms with Crippen LogP contribution in [0.4, 0.5) is 13.2 Å². The van der Waals surface area contributed by atoms with Crippen molar-refractivity contribution in [2.75, 3.05) is 18.1 Å². The fourth-order valence-electron chi connectivity index (χ4n) is 7.15. The van der Waals surface area contributed by atoms with Crippen molar-refractivity contribution < 1.29 is 37.7 Å². The first-order chi connectivity index (χ1) is 26.4. The molecule has 2 N–H and O–H groups in total. The molecule has 55 heavy (non-hydrogen) atoms. The van der Waals surface area contributed by atoms with Gasteiger partial charge in [-0.05, 0) is 51.6 Å². The summed E-state index contributed by atoms with van der Waals surface area (Å²) in [5.74, 6) is -1.46. The van der Waals surface area contributed by atoms with Crippen LogP contribution in [0.5, 0.6) is 5.75 Å². The lowest BCUT2D eigenvalue weighted by Crippen LogP contribution is -2.31.